The number of nitrogens with zero attached hydrogens (tertiary/aromatic N) is 1. The third kappa shape index (κ3) is 2.94. The van der Waals surface area contributed by atoms with E-state index in [4.69, 9.17) is 0 Å². The molecule has 2 rings (SSSR count). The summed E-state index contributed by atoms with van der Waals surface area (Å²) >= 11 is 0. The second kappa shape index (κ2) is 5.57. The zero-order valence-electron chi connectivity index (χ0n) is 11.1. The second-order valence-corrected chi connectivity index (χ2v) is 4.66. The first-order valence-electron chi connectivity index (χ1n) is 6.27. The molecule has 0 heterocycles. The van der Waals surface area contributed by atoms with Crippen molar-refractivity contribution in [1.29, 1.82) is 0 Å². The molecule has 0 bridgehead atoms. The van der Waals surface area contributed by atoms with Gasteiger partial charge in [0.05, 0.1) is 0 Å². The van der Waals surface area contributed by atoms with Crippen LogP contribution in [0.4, 0.5) is 10.5 Å². The lowest BCUT2D eigenvalue weighted by molar-refractivity contribution is 0.200. The van der Waals surface area contributed by atoms with Crippen LogP contribution in [0.2, 0.25) is 0 Å². The average Bonchev–Trinajstić information content (AvgIpc) is 2.39. The molecule has 0 unspecified atom stereocenters. The van der Waals surface area contributed by atoms with E-state index in [1.807, 2.05) is 68.4 Å². The number of rotatable bonds is 3. The normalized spacial score (nSPS) is 10.5. The van der Waals surface area contributed by atoms with Gasteiger partial charge in [0.25, 0.3) is 0 Å². The molecule has 19 heavy (non-hydrogen) atoms. The van der Waals surface area contributed by atoms with Gasteiger partial charge in [-0.2, -0.15) is 0 Å². The van der Waals surface area contributed by atoms with Crippen molar-refractivity contribution in [2.45, 2.75) is 19.9 Å². The first kappa shape index (κ1) is 13.1. The van der Waals surface area contributed by atoms with Crippen molar-refractivity contribution in [3.63, 3.8) is 0 Å². The molecule has 0 aliphatic carbocycles. The fraction of sp³-hybridized carbons (Fsp3) is 0.188. The standard InChI is InChI=1S/C16H17NO2/c1-12(2)17(16(18)19)15-10-6-9-14(11-15)13-7-4-3-5-8-13/h3-12H,1-2H3,(H,18,19). The van der Waals surface area contributed by atoms with Crippen LogP contribution in [0.1, 0.15) is 13.8 Å². The van der Waals surface area contributed by atoms with Crippen LogP contribution in [0.3, 0.4) is 0 Å². The zero-order chi connectivity index (χ0) is 13.8. The minimum Gasteiger partial charge on any atom is -0.465 e. The van der Waals surface area contributed by atoms with E-state index in [2.05, 4.69) is 0 Å². The summed E-state index contributed by atoms with van der Waals surface area (Å²) in [5.41, 5.74) is 2.80. The van der Waals surface area contributed by atoms with Crippen molar-refractivity contribution in [3.05, 3.63) is 54.6 Å². The summed E-state index contributed by atoms with van der Waals surface area (Å²) in [5, 5.41) is 9.28. The van der Waals surface area contributed by atoms with Gasteiger partial charge in [0.1, 0.15) is 0 Å². The molecular weight excluding hydrogens is 238 g/mol. The van der Waals surface area contributed by atoms with Crippen LogP contribution in [0.15, 0.2) is 54.6 Å². The number of amides is 1. The first-order valence-corrected chi connectivity index (χ1v) is 6.27. The minimum atomic E-state index is -0.930. The summed E-state index contributed by atoms with van der Waals surface area (Å²) in [5.74, 6) is 0. The number of hydrogen-bond acceptors (Lipinski definition) is 1. The molecule has 2 aromatic rings. The number of carboxylic acid groups (broad SMARTS) is 1. The van der Waals surface area contributed by atoms with Gasteiger partial charge in [-0.1, -0.05) is 42.5 Å². The Morgan fingerprint density at radius 1 is 1.00 bits per heavy atom. The lowest BCUT2D eigenvalue weighted by Crippen LogP contribution is -2.35. The van der Waals surface area contributed by atoms with Crippen molar-refractivity contribution in [2.24, 2.45) is 0 Å². The van der Waals surface area contributed by atoms with Crippen LogP contribution in [-0.2, 0) is 0 Å². The van der Waals surface area contributed by atoms with Gasteiger partial charge in [0.2, 0.25) is 0 Å². The van der Waals surface area contributed by atoms with E-state index in [1.165, 1.54) is 4.90 Å². The Balaban J connectivity index is 2.42. The van der Waals surface area contributed by atoms with Gasteiger partial charge in [0.15, 0.2) is 0 Å². The molecule has 1 amide bonds. The van der Waals surface area contributed by atoms with Crippen molar-refractivity contribution in [3.8, 4) is 11.1 Å². The summed E-state index contributed by atoms with van der Waals surface area (Å²) in [4.78, 5) is 12.7. The van der Waals surface area contributed by atoms with E-state index in [9.17, 15) is 9.90 Å². The highest BCUT2D eigenvalue weighted by Crippen LogP contribution is 2.25. The third-order valence-electron chi connectivity index (χ3n) is 2.95. The Kier molecular flexibility index (Phi) is 3.85. The molecule has 98 valence electrons. The molecule has 0 fully saturated rings. The van der Waals surface area contributed by atoms with Gasteiger partial charge in [-0.25, -0.2) is 4.79 Å². The second-order valence-electron chi connectivity index (χ2n) is 4.66. The Morgan fingerprint density at radius 2 is 1.63 bits per heavy atom. The number of hydrogen-bond donors (Lipinski definition) is 1. The lowest BCUT2D eigenvalue weighted by Gasteiger charge is -2.24. The number of carbonyl (C=O) groups is 1. The van der Waals surface area contributed by atoms with E-state index in [1.54, 1.807) is 0 Å². The summed E-state index contributed by atoms with van der Waals surface area (Å²) in [7, 11) is 0. The monoisotopic (exact) mass is 255 g/mol. The fourth-order valence-corrected chi connectivity index (χ4v) is 2.10. The molecule has 0 aliphatic rings. The van der Waals surface area contributed by atoms with Crippen LogP contribution < -0.4 is 4.90 Å². The van der Waals surface area contributed by atoms with Crippen molar-refractivity contribution < 1.29 is 9.90 Å². The van der Waals surface area contributed by atoms with Gasteiger partial charge in [-0.05, 0) is 37.1 Å². The summed E-state index contributed by atoms with van der Waals surface area (Å²) < 4.78 is 0. The molecule has 0 atom stereocenters. The third-order valence-corrected chi connectivity index (χ3v) is 2.95. The van der Waals surface area contributed by atoms with Crippen LogP contribution in [0.25, 0.3) is 11.1 Å². The van der Waals surface area contributed by atoms with Crippen molar-refractivity contribution in [2.75, 3.05) is 4.90 Å². The van der Waals surface area contributed by atoms with E-state index in [0.717, 1.165) is 11.1 Å². The van der Waals surface area contributed by atoms with Gasteiger partial charge >= 0.3 is 6.09 Å². The van der Waals surface area contributed by atoms with Crippen molar-refractivity contribution >= 4 is 11.8 Å². The highest BCUT2D eigenvalue weighted by Gasteiger charge is 2.17. The average molecular weight is 255 g/mol. The Morgan fingerprint density at radius 3 is 2.21 bits per heavy atom. The Bertz CT molecular complexity index is 564. The van der Waals surface area contributed by atoms with Crippen molar-refractivity contribution in [1.82, 2.24) is 0 Å². The van der Waals surface area contributed by atoms with Crippen LogP contribution >= 0.6 is 0 Å². The zero-order valence-corrected chi connectivity index (χ0v) is 11.1. The van der Waals surface area contributed by atoms with E-state index in [-0.39, 0.29) is 6.04 Å². The molecule has 2 aromatic carbocycles. The van der Waals surface area contributed by atoms with Crippen LogP contribution in [0.5, 0.6) is 0 Å². The van der Waals surface area contributed by atoms with Gasteiger partial charge in [-0.3, -0.25) is 4.90 Å². The molecule has 3 nitrogen and oxygen atoms in total. The predicted octanol–water partition coefficient (Wildman–Crippen LogP) is 4.25. The quantitative estimate of drug-likeness (QED) is 0.890. The maximum Gasteiger partial charge on any atom is 0.412 e. The maximum absolute atomic E-state index is 11.3. The number of anilines is 1. The van der Waals surface area contributed by atoms with Crippen LogP contribution in [-0.4, -0.2) is 17.2 Å². The smallest absolute Gasteiger partial charge is 0.412 e. The highest BCUT2D eigenvalue weighted by atomic mass is 16.4. The Hall–Kier alpha value is -2.29. The topological polar surface area (TPSA) is 40.5 Å². The molecule has 1 N–H and O–H groups in total. The van der Waals surface area contributed by atoms with E-state index >= 15 is 0 Å². The Labute approximate surface area is 113 Å². The van der Waals surface area contributed by atoms with E-state index < -0.39 is 6.09 Å². The number of benzene rings is 2. The maximum atomic E-state index is 11.3. The molecular formula is C16H17NO2. The minimum absolute atomic E-state index is 0.0940. The highest BCUT2D eigenvalue weighted by molar-refractivity contribution is 5.87. The molecule has 0 saturated carbocycles. The lowest BCUT2D eigenvalue weighted by atomic mass is 10.0. The molecule has 0 spiro atoms. The first-order chi connectivity index (χ1) is 9.09. The van der Waals surface area contributed by atoms with E-state index in [0.29, 0.717) is 5.69 Å². The van der Waals surface area contributed by atoms with Gasteiger partial charge in [0, 0.05) is 11.7 Å². The van der Waals surface area contributed by atoms with Gasteiger partial charge < -0.3 is 5.11 Å². The molecule has 0 aliphatic heterocycles. The summed E-state index contributed by atoms with van der Waals surface area (Å²) in [6.45, 7) is 3.73. The summed E-state index contributed by atoms with van der Waals surface area (Å²) in [6.07, 6.45) is -0.930. The fourth-order valence-electron chi connectivity index (χ4n) is 2.10. The predicted molar refractivity (Wildman–Crippen MR) is 77.5 cm³/mol. The largest absolute Gasteiger partial charge is 0.465 e. The molecule has 0 radical (unpaired) electrons. The SMILES string of the molecule is CC(C)N(C(=O)O)c1cccc(-c2ccccc2)c1. The molecule has 3 heteroatoms. The van der Waals surface area contributed by atoms with Gasteiger partial charge in [-0.15, -0.1) is 0 Å². The van der Waals surface area contributed by atoms with Crippen LogP contribution in [0, 0.1) is 0 Å². The molecule has 0 aromatic heterocycles. The molecule has 0 saturated heterocycles. The summed E-state index contributed by atoms with van der Waals surface area (Å²) in [6, 6.07) is 17.4.